The summed E-state index contributed by atoms with van der Waals surface area (Å²) in [6, 6.07) is 0. The molecule has 0 aromatic carbocycles. The van der Waals surface area contributed by atoms with Crippen LogP contribution in [0.25, 0.3) is 0 Å². The monoisotopic (exact) mass is 817 g/mol. The van der Waals surface area contributed by atoms with Crippen molar-refractivity contribution in [1.29, 1.82) is 0 Å². The molecule has 1 atom stereocenters. The van der Waals surface area contributed by atoms with Gasteiger partial charge in [-0.25, -0.2) is 0 Å². The maximum atomic E-state index is 12.8. The maximum absolute atomic E-state index is 12.8. The Balaban J connectivity index is 4.36. The summed E-state index contributed by atoms with van der Waals surface area (Å²) in [5.74, 6) is -0.881. The van der Waals surface area contributed by atoms with Crippen LogP contribution < -0.4 is 0 Å². The van der Waals surface area contributed by atoms with Crippen molar-refractivity contribution >= 4 is 17.9 Å². The molecule has 0 aromatic heterocycles. The van der Waals surface area contributed by atoms with E-state index in [1.54, 1.807) is 0 Å². The summed E-state index contributed by atoms with van der Waals surface area (Å²) in [4.78, 5) is 37.9. The van der Waals surface area contributed by atoms with E-state index in [1.165, 1.54) is 161 Å². The maximum Gasteiger partial charge on any atom is 0.306 e. The van der Waals surface area contributed by atoms with Gasteiger partial charge in [-0.1, -0.05) is 206 Å². The predicted octanol–water partition coefficient (Wildman–Crippen LogP) is 16.4. The van der Waals surface area contributed by atoms with Gasteiger partial charge in [0.25, 0.3) is 0 Å². The Kier molecular flexibility index (Phi) is 45.8. The second kappa shape index (κ2) is 47.6. The average molecular weight is 817 g/mol. The minimum atomic E-state index is -0.772. The molecule has 0 amide bonds. The summed E-state index contributed by atoms with van der Waals surface area (Å²) < 4.78 is 16.8. The number of esters is 3. The molecular formula is C52H96O6. The Morgan fingerprint density at radius 2 is 0.569 bits per heavy atom. The number of unbranched alkanes of at least 4 members (excludes halogenated alkanes) is 31. The fourth-order valence-corrected chi connectivity index (χ4v) is 7.31. The van der Waals surface area contributed by atoms with Crippen molar-refractivity contribution in [3.63, 3.8) is 0 Å². The fourth-order valence-electron chi connectivity index (χ4n) is 7.31. The second-order valence-electron chi connectivity index (χ2n) is 17.1. The van der Waals surface area contributed by atoms with Gasteiger partial charge >= 0.3 is 17.9 Å². The van der Waals surface area contributed by atoms with Gasteiger partial charge in [0.1, 0.15) is 13.2 Å². The molecule has 0 bridgehead atoms. The van der Waals surface area contributed by atoms with E-state index in [9.17, 15) is 14.4 Å². The van der Waals surface area contributed by atoms with E-state index in [0.717, 1.165) is 70.6 Å². The van der Waals surface area contributed by atoms with E-state index in [-0.39, 0.29) is 31.1 Å². The van der Waals surface area contributed by atoms with E-state index in [0.29, 0.717) is 19.3 Å². The van der Waals surface area contributed by atoms with Crippen LogP contribution in [0.15, 0.2) is 24.3 Å². The molecule has 58 heavy (non-hydrogen) atoms. The first-order valence-corrected chi connectivity index (χ1v) is 25.3. The molecule has 0 heterocycles. The highest BCUT2D eigenvalue weighted by Gasteiger charge is 2.19. The van der Waals surface area contributed by atoms with Gasteiger partial charge in [0.15, 0.2) is 6.10 Å². The SMILES string of the molecule is CCCCCC/C=C\CCCCCCCC(=O)OC[C@@H](COC(=O)CCCCCCC/C=C\CCCCCCCC)OC(=O)CCCCCCCCCCCCCC. The van der Waals surface area contributed by atoms with Crippen molar-refractivity contribution in [2.24, 2.45) is 0 Å². The molecule has 0 N–H and O–H groups in total. The first kappa shape index (κ1) is 55.9. The Morgan fingerprint density at radius 1 is 0.328 bits per heavy atom. The van der Waals surface area contributed by atoms with E-state index < -0.39 is 6.10 Å². The summed E-state index contributed by atoms with van der Waals surface area (Å²) in [6.45, 7) is 6.62. The van der Waals surface area contributed by atoms with Crippen LogP contribution in [-0.2, 0) is 28.6 Å². The summed E-state index contributed by atoms with van der Waals surface area (Å²) in [7, 11) is 0. The average Bonchev–Trinajstić information content (AvgIpc) is 3.22. The van der Waals surface area contributed by atoms with Crippen molar-refractivity contribution < 1.29 is 28.6 Å². The van der Waals surface area contributed by atoms with Gasteiger partial charge in [-0.05, 0) is 70.6 Å². The zero-order chi connectivity index (χ0) is 42.3. The van der Waals surface area contributed by atoms with Gasteiger partial charge in [0.2, 0.25) is 0 Å². The summed E-state index contributed by atoms with van der Waals surface area (Å²) in [6.07, 6.45) is 53.0. The minimum absolute atomic E-state index is 0.0748. The number of carbonyl (C=O) groups is 3. The zero-order valence-corrected chi connectivity index (χ0v) is 38.8. The molecule has 0 aromatic rings. The van der Waals surface area contributed by atoms with Crippen LogP contribution in [0.5, 0.6) is 0 Å². The number of ether oxygens (including phenoxy) is 3. The molecular weight excluding hydrogens is 721 g/mol. The third kappa shape index (κ3) is 45.0. The summed E-state index contributed by atoms with van der Waals surface area (Å²) in [5, 5.41) is 0. The molecule has 0 radical (unpaired) electrons. The largest absolute Gasteiger partial charge is 0.462 e. The molecule has 0 rings (SSSR count). The van der Waals surface area contributed by atoms with Crippen molar-refractivity contribution in [3.05, 3.63) is 24.3 Å². The van der Waals surface area contributed by atoms with E-state index in [2.05, 4.69) is 45.1 Å². The van der Waals surface area contributed by atoms with Crippen LogP contribution in [0, 0.1) is 0 Å². The Labute approximate surface area is 360 Å². The van der Waals surface area contributed by atoms with Crippen molar-refractivity contribution in [2.45, 2.75) is 277 Å². The lowest BCUT2D eigenvalue weighted by Crippen LogP contribution is -2.30. The molecule has 6 heteroatoms. The van der Waals surface area contributed by atoms with Crippen LogP contribution in [-0.4, -0.2) is 37.2 Å². The van der Waals surface area contributed by atoms with Crippen LogP contribution in [0.3, 0.4) is 0 Å². The lowest BCUT2D eigenvalue weighted by molar-refractivity contribution is -0.167. The molecule has 0 fully saturated rings. The van der Waals surface area contributed by atoms with E-state index in [1.807, 2.05) is 0 Å². The molecule has 340 valence electrons. The van der Waals surface area contributed by atoms with Crippen LogP contribution in [0.2, 0.25) is 0 Å². The fraction of sp³-hybridized carbons (Fsp3) is 0.865. The van der Waals surface area contributed by atoms with Gasteiger partial charge in [-0.3, -0.25) is 14.4 Å². The molecule has 6 nitrogen and oxygen atoms in total. The van der Waals surface area contributed by atoms with Gasteiger partial charge in [-0.15, -0.1) is 0 Å². The smallest absolute Gasteiger partial charge is 0.306 e. The quantitative estimate of drug-likeness (QED) is 0.0263. The predicted molar refractivity (Wildman–Crippen MR) is 247 cm³/mol. The normalized spacial score (nSPS) is 12.1. The van der Waals surface area contributed by atoms with Gasteiger partial charge in [0.05, 0.1) is 0 Å². The second-order valence-corrected chi connectivity index (χ2v) is 17.1. The Morgan fingerprint density at radius 3 is 0.879 bits per heavy atom. The van der Waals surface area contributed by atoms with Crippen LogP contribution in [0.1, 0.15) is 271 Å². The van der Waals surface area contributed by atoms with E-state index in [4.69, 9.17) is 14.2 Å². The molecule has 0 saturated heterocycles. The lowest BCUT2D eigenvalue weighted by atomic mass is 10.0. The highest BCUT2D eigenvalue weighted by atomic mass is 16.6. The number of allylic oxidation sites excluding steroid dienone is 4. The van der Waals surface area contributed by atoms with Gasteiger partial charge in [0, 0.05) is 19.3 Å². The highest BCUT2D eigenvalue weighted by molar-refractivity contribution is 5.71. The highest BCUT2D eigenvalue weighted by Crippen LogP contribution is 2.15. The van der Waals surface area contributed by atoms with E-state index >= 15 is 0 Å². The molecule has 0 spiro atoms. The topological polar surface area (TPSA) is 78.9 Å². The van der Waals surface area contributed by atoms with Crippen molar-refractivity contribution in [3.8, 4) is 0 Å². The molecule has 0 aliphatic heterocycles. The minimum Gasteiger partial charge on any atom is -0.462 e. The number of hydrogen-bond acceptors (Lipinski definition) is 6. The Hall–Kier alpha value is -2.11. The summed E-state index contributed by atoms with van der Waals surface area (Å²) >= 11 is 0. The summed E-state index contributed by atoms with van der Waals surface area (Å²) in [5.41, 5.74) is 0. The zero-order valence-electron chi connectivity index (χ0n) is 38.8. The molecule has 0 unspecified atom stereocenters. The first-order valence-electron chi connectivity index (χ1n) is 25.3. The molecule has 0 aliphatic rings. The molecule has 0 saturated carbocycles. The number of rotatable bonds is 46. The van der Waals surface area contributed by atoms with Crippen molar-refractivity contribution in [2.75, 3.05) is 13.2 Å². The number of carbonyl (C=O) groups excluding carboxylic acids is 3. The standard InChI is InChI=1S/C52H96O6/c1-4-7-10-13-16-19-22-25-26-28-31-33-36-39-42-45-51(54)57-48-49(58-52(55)46-43-40-37-34-29-24-21-18-15-12-9-6-3)47-56-50(53)44-41-38-35-32-30-27-23-20-17-14-11-8-5-2/h20,23,25-26,49H,4-19,21-22,24,27-48H2,1-3H3/b23-20-,26-25-/t49-/m0/s1. The van der Waals surface area contributed by atoms with Gasteiger partial charge < -0.3 is 14.2 Å². The third-order valence-corrected chi connectivity index (χ3v) is 11.2. The van der Waals surface area contributed by atoms with Gasteiger partial charge in [-0.2, -0.15) is 0 Å². The molecule has 0 aliphatic carbocycles. The first-order chi connectivity index (χ1) is 28.5. The third-order valence-electron chi connectivity index (χ3n) is 11.2. The Bertz CT molecular complexity index is 942. The number of hydrogen-bond donors (Lipinski definition) is 0. The van der Waals surface area contributed by atoms with Crippen molar-refractivity contribution in [1.82, 2.24) is 0 Å². The van der Waals surface area contributed by atoms with Crippen LogP contribution >= 0.6 is 0 Å². The van der Waals surface area contributed by atoms with Crippen LogP contribution in [0.4, 0.5) is 0 Å². The lowest BCUT2D eigenvalue weighted by Gasteiger charge is -2.18.